The van der Waals surface area contributed by atoms with Crippen molar-refractivity contribution in [1.29, 1.82) is 0 Å². The molecule has 2 aromatic heterocycles. The molecule has 18 heavy (non-hydrogen) atoms. The molecule has 1 N–H and O–H groups in total. The van der Waals surface area contributed by atoms with Gasteiger partial charge in [0.1, 0.15) is 0 Å². The Kier molecular flexibility index (Phi) is 2.84. The van der Waals surface area contributed by atoms with Gasteiger partial charge in [-0.1, -0.05) is 0 Å². The smallest absolute Gasteiger partial charge is 0.254 e. The van der Waals surface area contributed by atoms with E-state index >= 15 is 0 Å². The lowest BCUT2D eigenvalue weighted by Gasteiger charge is -2.24. The summed E-state index contributed by atoms with van der Waals surface area (Å²) in [5, 5.41) is 0. The number of nitrogens with one attached hydrogen (secondary N) is 1. The molecule has 1 amide bonds. The Morgan fingerprint density at radius 1 is 1.33 bits per heavy atom. The zero-order valence-corrected chi connectivity index (χ0v) is 10.0. The van der Waals surface area contributed by atoms with Crippen molar-refractivity contribution in [2.24, 2.45) is 0 Å². The van der Waals surface area contributed by atoms with Gasteiger partial charge in [0.05, 0.1) is 6.04 Å². The summed E-state index contributed by atoms with van der Waals surface area (Å²) in [6.07, 6.45) is 7.31. The summed E-state index contributed by atoms with van der Waals surface area (Å²) in [5.41, 5.74) is 1.83. The molecule has 0 radical (unpaired) electrons. The van der Waals surface area contributed by atoms with Crippen LogP contribution in [0.15, 0.2) is 42.9 Å². The fourth-order valence-corrected chi connectivity index (χ4v) is 2.54. The molecule has 1 atom stereocenters. The van der Waals surface area contributed by atoms with Gasteiger partial charge in [0.25, 0.3) is 5.91 Å². The monoisotopic (exact) mass is 241 g/mol. The SMILES string of the molecule is O=C(c1ccncc1)N1CCCC1c1ccc[nH]1. The quantitative estimate of drug-likeness (QED) is 0.877. The number of rotatable bonds is 2. The second kappa shape index (κ2) is 4.64. The summed E-state index contributed by atoms with van der Waals surface area (Å²) in [6.45, 7) is 0.824. The standard InChI is InChI=1S/C14H15N3O/c18-14(11-5-8-15-9-6-11)17-10-2-4-13(17)12-3-1-7-16-12/h1,3,5-9,13,16H,2,4,10H2. The summed E-state index contributed by atoms with van der Waals surface area (Å²) < 4.78 is 0. The number of likely N-dealkylation sites (tertiary alicyclic amines) is 1. The fourth-order valence-electron chi connectivity index (χ4n) is 2.54. The summed E-state index contributed by atoms with van der Waals surface area (Å²) in [5.74, 6) is 0.0921. The van der Waals surface area contributed by atoms with E-state index in [4.69, 9.17) is 0 Å². The van der Waals surface area contributed by atoms with Gasteiger partial charge in [-0.25, -0.2) is 0 Å². The van der Waals surface area contributed by atoms with Crippen LogP contribution in [0.1, 0.15) is 34.9 Å². The highest BCUT2D eigenvalue weighted by atomic mass is 16.2. The second-order valence-corrected chi connectivity index (χ2v) is 4.52. The molecule has 92 valence electrons. The van der Waals surface area contributed by atoms with Gasteiger partial charge in [-0.15, -0.1) is 0 Å². The molecule has 1 unspecified atom stereocenters. The van der Waals surface area contributed by atoms with Crippen molar-refractivity contribution < 1.29 is 4.79 Å². The van der Waals surface area contributed by atoms with E-state index in [2.05, 4.69) is 9.97 Å². The van der Waals surface area contributed by atoms with Crippen LogP contribution in [0.4, 0.5) is 0 Å². The lowest BCUT2D eigenvalue weighted by atomic mass is 10.1. The Bertz CT molecular complexity index is 521. The molecule has 3 rings (SSSR count). The molecule has 1 saturated heterocycles. The summed E-state index contributed by atoms with van der Waals surface area (Å²) in [6, 6.07) is 7.74. The van der Waals surface area contributed by atoms with Gasteiger partial charge in [0.15, 0.2) is 0 Å². The van der Waals surface area contributed by atoms with Gasteiger partial charge in [-0.05, 0) is 37.1 Å². The van der Waals surface area contributed by atoms with Gasteiger partial charge in [-0.3, -0.25) is 9.78 Å². The minimum atomic E-state index is 0.0921. The molecule has 0 spiro atoms. The number of pyridine rings is 1. The molecule has 0 saturated carbocycles. The average molecular weight is 241 g/mol. The minimum absolute atomic E-state index is 0.0921. The van der Waals surface area contributed by atoms with Crippen LogP contribution in [0, 0.1) is 0 Å². The fraction of sp³-hybridized carbons (Fsp3) is 0.286. The number of hydrogen-bond acceptors (Lipinski definition) is 2. The van der Waals surface area contributed by atoms with E-state index in [9.17, 15) is 4.79 Å². The highest BCUT2D eigenvalue weighted by Gasteiger charge is 2.30. The number of nitrogens with zero attached hydrogens (tertiary/aromatic N) is 2. The first-order valence-electron chi connectivity index (χ1n) is 6.20. The van der Waals surface area contributed by atoms with Crippen LogP contribution >= 0.6 is 0 Å². The highest BCUT2D eigenvalue weighted by Crippen LogP contribution is 2.31. The maximum atomic E-state index is 12.4. The first-order chi connectivity index (χ1) is 8.86. The predicted octanol–water partition coefficient (Wildman–Crippen LogP) is 2.39. The molecule has 1 aliphatic heterocycles. The zero-order valence-electron chi connectivity index (χ0n) is 10.0. The van der Waals surface area contributed by atoms with Gasteiger partial charge in [-0.2, -0.15) is 0 Å². The summed E-state index contributed by atoms with van der Waals surface area (Å²) >= 11 is 0. The molecule has 1 aliphatic rings. The third kappa shape index (κ3) is 1.90. The van der Waals surface area contributed by atoms with E-state index in [1.165, 1.54) is 0 Å². The van der Waals surface area contributed by atoms with Crippen LogP contribution in [-0.4, -0.2) is 27.3 Å². The molecule has 0 aromatic carbocycles. The molecule has 0 aliphatic carbocycles. The number of carbonyl (C=O) groups excluding carboxylic acids is 1. The topological polar surface area (TPSA) is 49.0 Å². The number of amides is 1. The van der Waals surface area contributed by atoms with Gasteiger partial charge >= 0.3 is 0 Å². The lowest BCUT2D eigenvalue weighted by molar-refractivity contribution is 0.0733. The van der Waals surface area contributed by atoms with Crippen LogP contribution < -0.4 is 0 Å². The molecule has 4 heteroatoms. The molecule has 1 fully saturated rings. The van der Waals surface area contributed by atoms with Gasteiger partial charge in [0, 0.05) is 36.4 Å². The van der Waals surface area contributed by atoms with Crippen molar-refractivity contribution >= 4 is 5.91 Å². The number of carbonyl (C=O) groups is 1. The Hall–Kier alpha value is -2.10. The van der Waals surface area contributed by atoms with Crippen LogP contribution in [-0.2, 0) is 0 Å². The Balaban J connectivity index is 1.85. The number of H-pyrrole nitrogens is 1. The van der Waals surface area contributed by atoms with E-state index < -0.39 is 0 Å². The van der Waals surface area contributed by atoms with Gasteiger partial charge in [0.2, 0.25) is 0 Å². The largest absolute Gasteiger partial charge is 0.363 e. The number of aromatic amines is 1. The first-order valence-corrected chi connectivity index (χ1v) is 6.20. The first kappa shape index (κ1) is 11.0. The number of aromatic nitrogens is 2. The van der Waals surface area contributed by atoms with Crippen LogP contribution in [0.25, 0.3) is 0 Å². The highest BCUT2D eigenvalue weighted by molar-refractivity contribution is 5.94. The minimum Gasteiger partial charge on any atom is -0.363 e. The van der Waals surface area contributed by atoms with Crippen molar-refractivity contribution in [2.45, 2.75) is 18.9 Å². The summed E-state index contributed by atoms with van der Waals surface area (Å²) in [4.78, 5) is 21.5. The van der Waals surface area contributed by atoms with E-state index in [1.54, 1.807) is 24.5 Å². The van der Waals surface area contributed by atoms with Crippen molar-refractivity contribution in [3.8, 4) is 0 Å². The van der Waals surface area contributed by atoms with Crippen molar-refractivity contribution in [2.75, 3.05) is 6.54 Å². The van der Waals surface area contributed by atoms with Crippen molar-refractivity contribution in [3.05, 3.63) is 54.1 Å². The second-order valence-electron chi connectivity index (χ2n) is 4.52. The van der Waals surface area contributed by atoms with E-state index in [-0.39, 0.29) is 11.9 Å². The Morgan fingerprint density at radius 3 is 2.89 bits per heavy atom. The van der Waals surface area contributed by atoms with Crippen LogP contribution in [0.2, 0.25) is 0 Å². The average Bonchev–Trinajstić information content (AvgIpc) is 3.09. The van der Waals surface area contributed by atoms with Crippen LogP contribution in [0.5, 0.6) is 0 Å². The molecular weight excluding hydrogens is 226 g/mol. The van der Waals surface area contributed by atoms with Gasteiger partial charge < -0.3 is 9.88 Å². The van der Waals surface area contributed by atoms with E-state index in [0.29, 0.717) is 5.56 Å². The van der Waals surface area contributed by atoms with Crippen LogP contribution in [0.3, 0.4) is 0 Å². The summed E-state index contributed by atoms with van der Waals surface area (Å²) in [7, 11) is 0. The molecule has 4 nitrogen and oxygen atoms in total. The molecule has 3 heterocycles. The zero-order chi connectivity index (χ0) is 12.4. The predicted molar refractivity (Wildman–Crippen MR) is 68.0 cm³/mol. The third-order valence-corrected chi connectivity index (χ3v) is 3.42. The van der Waals surface area contributed by atoms with E-state index in [0.717, 1.165) is 25.1 Å². The van der Waals surface area contributed by atoms with Crippen molar-refractivity contribution in [1.82, 2.24) is 14.9 Å². The van der Waals surface area contributed by atoms with E-state index in [1.807, 2.05) is 23.2 Å². The molecule has 0 bridgehead atoms. The Morgan fingerprint density at radius 2 is 2.17 bits per heavy atom. The third-order valence-electron chi connectivity index (χ3n) is 3.42. The maximum absolute atomic E-state index is 12.4. The van der Waals surface area contributed by atoms with Crippen molar-refractivity contribution in [3.63, 3.8) is 0 Å². The normalized spacial score (nSPS) is 19.1. The lowest BCUT2D eigenvalue weighted by Crippen LogP contribution is -2.30. The molecular formula is C14H15N3O. The molecule has 2 aromatic rings. The Labute approximate surface area is 106 Å². The number of hydrogen-bond donors (Lipinski definition) is 1. The maximum Gasteiger partial charge on any atom is 0.254 e.